The van der Waals surface area contributed by atoms with Gasteiger partial charge in [-0.05, 0) is 80.8 Å². The number of allylic oxidation sites excluding steroid dienone is 1. The van der Waals surface area contributed by atoms with E-state index in [2.05, 4.69) is 34.6 Å². The number of nitrogens with zero attached hydrogens (tertiary/aromatic N) is 5. The third-order valence-corrected chi connectivity index (χ3v) is 7.97. The molecular weight excluding hydrogens is 556 g/mol. The zero-order valence-corrected chi connectivity index (χ0v) is 26.1. The van der Waals surface area contributed by atoms with E-state index in [9.17, 15) is 23.5 Å². The van der Waals surface area contributed by atoms with E-state index in [4.69, 9.17) is 5.73 Å². The van der Waals surface area contributed by atoms with Crippen molar-refractivity contribution in [2.24, 2.45) is 22.5 Å². The Morgan fingerprint density at radius 2 is 1.84 bits per heavy atom. The van der Waals surface area contributed by atoms with Gasteiger partial charge < -0.3 is 21.1 Å². The molecule has 12 heteroatoms. The quantitative estimate of drug-likeness (QED) is 0.197. The fourth-order valence-electron chi connectivity index (χ4n) is 6.32. The van der Waals surface area contributed by atoms with Crippen molar-refractivity contribution in [2.75, 3.05) is 19.6 Å². The van der Waals surface area contributed by atoms with Gasteiger partial charge in [0.15, 0.2) is 5.82 Å². The molecular formula is C31H47F2N7O3. The minimum absolute atomic E-state index is 0.168. The van der Waals surface area contributed by atoms with Gasteiger partial charge in [0, 0.05) is 19.2 Å². The van der Waals surface area contributed by atoms with Crippen molar-refractivity contribution in [3.05, 3.63) is 52.9 Å². The fraction of sp³-hybridized carbons (Fsp3) is 0.645. The molecule has 0 aliphatic heterocycles. The number of carbonyl (C=O) groups is 2. The van der Waals surface area contributed by atoms with Crippen molar-refractivity contribution in [1.82, 2.24) is 30.4 Å². The lowest BCUT2D eigenvalue weighted by atomic mass is 9.57. The summed E-state index contributed by atoms with van der Waals surface area (Å²) in [5.74, 6) is -1.77. The second-order valence-corrected chi connectivity index (χ2v) is 12.3. The lowest BCUT2D eigenvalue weighted by molar-refractivity contribution is -0.162. The number of benzene rings is 1. The van der Waals surface area contributed by atoms with Crippen LogP contribution in [0.1, 0.15) is 78.1 Å². The van der Waals surface area contributed by atoms with Crippen LogP contribution in [-0.2, 0) is 29.1 Å². The summed E-state index contributed by atoms with van der Waals surface area (Å²) in [6.07, 6.45) is 2.25. The topological polar surface area (TPSA) is 139 Å². The monoisotopic (exact) mass is 603 g/mol. The maximum Gasteiger partial charge on any atom is 0.231 e. The van der Waals surface area contributed by atoms with Crippen LogP contribution in [-0.4, -0.2) is 67.8 Å². The minimum atomic E-state index is -1.74. The van der Waals surface area contributed by atoms with Crippen LogP contribution in [0, 0.1) is 28.4 Å². The maximum atomic E-state index is 14.4. The van der Waals surface area contributed by atoms with E-state index in [1.54, 1.807) is 22.7 Å². The van der Waals surface area contributed by atoms with Crippen LogP contribution in [0.25, 0.3) is 0 Å². The highest BCUT2D eigenvalue weighted by Gasteiger charge is 2.59. The van der Waals surface area contributed by atoms with E-state index in [1.807, 2.05) is 13.8 Å². The van der Waals surface area contributed by atoms with Gasteiger partial charge in [0.25, 0.3) is 0 Å². The fourth-order valence-corrected chi connectivity index (χ4v) is 6.32. The number of aliphatic hydroxyl groups excluding tert-OH is 1. The van der Waals surface area contributed by atoms with Crippen molar-refractivity contribution in [1.29, 1.82) is 0 Å². The van der Waals surface area contributed by atoms with E-state index in [-0.39, 0.29) is 30.7 Å². The molecule has 10 nitrogen and oxygen atoms in total. The number of halogens is 2. The first kappa shape index (κ1) is 34.2. The van der Waals surface area contributed by atoms with E-state index in [1.165, 1.54) is 0 Å². The third kappa shape index (κ3) is 8.23. The maximum absolute atomic E-state index is 14.4. The first-order valence-corrected chi connectivity index (χ1v) is 15.2. The second kappa shape index (κ2) is 15.0. The summed E-state index contributed by atoms with van der Waals surface area (Å²) in [5.41, 5.74) is 3.74. The molecule has 1 aromatic heterocycles. The summed E-state index contributed by atoms with van der Waals surface area (Å²) in [4.78, 5) is 30.9. The first-order chi connectivity index (χ1) is 20.4. The van der Waals surface area contributed by atoms with Gasteiger partial charge in [-0.1, -0.05) is 39.3 Å². The predicted molar refractivity (Wildman–Crippen MR) is 159 cm³/mol. The SMILES string of the molecule is CCCN(CCC)C(=O)C1(CCCNCc2nnn(CC(C)C)n2)CC(C)=C[C@](Cc2cc(F)cc(F)c2)(C(N)=O)[C@@H]1O. The van der Waals surface area contributed by atoms with Crippen LogP contribution < -0.4 is 11.1 Å². The molecule has 4 N–H and O–H groups in total. The standard InChI is InChI=1S/C31H47F2N7O3/c1-6-11-39(12-7-2)29(43)30(9-8-10-35-19-26-36-38-40(37-26)20-21(3)4)16-22(5)17-31(27(30)41,28(34)42)18-23-13-24(32)15-25(33)14-23/h13-15,17,21,27,35,41H,6-12,16,18-20H2,1-5H3,(H2,34,42)/t27-,30?,31-/m1/s1. The Kier molecular flexibility index (Phi) is 11.9. The highest BCUT2D eigenvalue weighted by molar-refractivity contribution is 5.90. The van der Waals surface area contributed by atoms with E-state index in [0.29, 0.717) is 56.5 Å². The number of amides is 2. The summed E-state index contributed by atoms with van der Waals surface area (Å²) >= 11 is 0. The zero-order chi connectivity index (χ0) is 31.8. The summed E-state index contributed by atoms with van der Waals surface area (Å²) in [6.45, 7) is 12.4. The van der Waals surface area contributed by atoms with Gasteiger partial charge in [-0.25, -0.2) is 8.78 Å². The molecule has 3 atom stereocenters. The second-order valence-electron chi connectivity index (χ2n) is 12.3. The number of rotatable bonds is 16. The molecule has 1 aliphatic carbocycles. The van der Waals surface area contributed by atoms with Gasteiger partial charge in [0.1, 0.15) is 11.6 Å². The Labute approximate surface area is 253 Å². The van der Waals surface area contributed by atoms with Crippen molar-refractivity contribution < 1.29 is 23.5 Å². The summed E-state index contributed by atoms with van der Waals surface area (Å²) in [6, 6.07) is 2.99. The smallest absolute Gasteiger partial charge is 0.231 e. The minimum Gasteiger partial charge on any atom is -0.391 e. The van der Waals surface area contributed by atoms with Crippen LogP contribution in [0.5, 0.6) is 0 Å². The Balaban J connectivity index is 1.92. The summed E-state index contributed by atoms with van der Waals surface area (Å²) in [5, 5.41) is 28.0. The molecule has 0 fully saturated rings. The number of aliphatic hydroxyl groups is 1. The van der Waals surface area contributed by atoms with Crippen LogP contribution in [0.2, 0.25) is 0 Å². The number of carbonyl (C=O) groups excluding carboxylic acids is 2. The van der Waals surface area contributed by atoms with Crippen molar-refractivity contribution in [2.45, 2.75) is 92.3 Å². The van der Waals surface area contributed by atoms with E-state index < -0.39 is 34.5 Å². The van der Waals surface area contributed by atoms with E-state index >= 15 is 0 Å². The van der Waals surface area contributed by atoms with Crippen LogP contribution in [0.4, 0.5) is 8.78 Å². The Hall–Kier alpha value is -3.25. The molecule has 2 aromatic rings. The van der Waals surface area contributed by atoms with Gasteiger partial charge in [-0.2, -0.15) is 4.80 Å². The van der Waals surface area contributed by atoms with E-state index in [0.717, 1.165) is 31.0 Å². The molecule has 2 amide bonds. The largest absolute Gasteiger partial charge is 0.391 e. The number of tetrazole rings is 1. The number of hydrogen-bond donors (Lipinski definition) is 3. The molecule has 1 unspecified atom stereocenters. The average Bonchev–Trinajstić information content (AvgIpc) is 3.36. The number of hydrogen-bond acceptors (Lipinski definition) is 7. The van der Waals surface area contributed by atoms with Gasteiger partial charge >= 0.3 is 0 Å². The molecule has 0 spiro atoms. The molecule has 0 radical (unpaired) electrons. The average molecular weight is 604 g/mol. The van der Waals surface area contributed by atoms with Crippen molar-refractivity contribution in [3.63, 3.8) is 0 Å². The molecule has 1 aromatic carbocycles. The van der Waals surface area contributed by atoms with Gasteiger partial charge in [-0.3, -0.25) is 9.59 Å². The number of aromatic nitrogens is 4. The first-order valence-electron chi connectivity index (χ1n) is 15.2. The molecule has 43 heavy (non-hydrogen) atoms. The molecule has 0 saturated carbocycles. The lowest BCUT2D eigenvalue weighted by Gasteiger charge is -2.50. The molecule has 238 valence electrons. The van der Waals surface area contributed by atoms with Crippen LogP contribution in [0.15, 0.2) is 29.8 Å². The normalized spacial score (nSPS) is 22.1. The van der Waals surface area contributed by atoms with Gasteiger partial charge in [-0.15, -0.1) is 10.2 Å². The molecule has 3 rings (SSSR count). The number of nitrogens with one attached hydrogen (secondary N) is 1. The molecule has 1 heterocycles. The molecule has 0 saturated heterocycles. The Morgan fingerprint density at radius 1 is 1.19 bits per heavy atom. The lowest BCUT2D eigenvalue weighted by Crippen LogP contribution is -2.62. The van der Waals surface area contributed by atoms with Crippen molar-refractivity contribution >= 4 is 11.8 Å². The van der Waals surface area contributed by atoms with Crippen molar-refractivity contribution in [3.8, 4) is 0 Å². The summed E-state index contributed by atoms with van der Waals surface area (Å²) in [7, 11) is 0. The Bertz CT molecular complexity index is 1260. The highest BCUT2D eigenvalue weighted by atomic mass is 19.1. The number of primary amides is 1. The third-order valence-electron chi connectivity index (χ3n) is 7.97. The summed E-state index contributed by atoms with van der Waals surface area (Å²) < 4.78 is 28.3. The van der Waals surface area contributed by atoms with Crippen LogP contribution in [0.3, 0.4) is 0 Å². The van der Waals surface area contributed by atoms with Gasteiger partial charge in [0.2, 0.25) is 11.8 Å². The zero-order valence-electron chi connectivity index (χ0n) is 26.1. The molecule has 0 bridgehead atoms. The highest BCUT2D eigenvalue weighted by Crippen LogP contribution is 2.51. The van der Waals surface area contributed by atoms with Crippen LogP contribution >= 0.6 is 0 Å². The van der Waals surface area contributed by atoms with Gasteiger partial charge in [0.05, 0.1) is 30.0 Å². The molecule has 1 aliphatic rings. The Morgan fingerprint density at radius 3 is 2.42 bits per heavy atom. The predicted octanol–water partition coefficient (Wildman–Crippen LogP) is 3.54. The number of nitrogens with two attached hydrogens (primary N) is 1.